The second kappa shape index (κ2) is 7.19. The van der Waals surface area contributed by atoms with Crippen LogP contribution in [0.5, 0.6) is 0 Å². The van der Waals surface area contributed by atoms with Gasteiger partial charge in [0.05, 0.1) is 18.2 Å². The first-order valence-electron chi connectivity index (χ1n) is 12.2. The van der Waals surface area contributed by atoms with E-state index in [0.717, 1.165) is 64.0 Å². The van der Waals surface area contributed by atoms with E-state index in [0.29, 0.717) is 23.7 Å². The minimum Gasteiger partial charge on any atom is -0.393 e. The Morgan fingerprint density at radius 1 is 1.10 bits per heavy atom. The van der Waals surface area contributed by atoms with Gasteiger partial charge in [-0.25, -0.2) is 10.4 Å². The van der Waals surface area contributed by atoms with E-state index in [4.69, 9.17) is 0 Å². The van der Waals surface area contributed by atoms with Gasteiger partial charge in [-0.2, -0.15) is 5.10 Å². The standard InChI is InChI=1S/C24H40N4O2/c1-22-9-7-18(29)14-16(22)4-5-20-19(22)8-10-23(2)17(6-11-24(20,23)30)15-26-27-21-25-12-13-28(21)3/h15-20,29-30H,4-14H2,1-3H3,(H,25,27)/b26-15+/t16-,17-,18+,19+,20-,22+,23-,24+/m1/s1. The topological polar surface area (TPSA) is 80.5 Å². The molecule has 4 fully saturated rings. The Kier molecular flexibility index (Phi) is 4.97. The van der Waals surface area contributed by atoms with Crippen molar-refractivity contribution in [3.8, 4) is 0 Å². The summed E-state index contributed by atoms with van der Waals surface area (Å²) in [6, 6.07) is 0. The molecule has 30 heavy (non-hydrogen) atoms. The number of aliphatic hydroxyl groups excluding tert-OH is 1. The molecule has 5 aliphatic rings. The molecule has 0 aromatic heterocycles. The molecule has 5 rings (SSSR count). The van der Waals surface area contributed by atoms with Crippen LogP contribution in [-0.2, 0) is 0 Å². The second-order valence-electron chi connectivity index (χ2n) is 11.5. The maximum absolute atomic E-state index is 12.2. The van der Waals surface area contributed by atoms with E-state index in [1.165, 1.54) is 12.8 Å². The summed E-state index contributed by atoms with van der Waals surface area (Å²) in [4.78, 5) is 6.54. The van der Waals surface area contributed by atoms with Crippen LogP contribution in [0, 0.1) is 34.5 Å². The third-order valence-electron chi connectivity index (χ3n) is 10.4. The molecular formula is C24H40N4O2. The van der Waals surface area contributed by atoms with Crippen molar-refractivity contribution in [2.75, 3.05) is 20.1 Å². The highest BCUT2D eigenvalue weighted by atomic mass is 16.3. The summed E-state index contributed by atoms with van der Waals surface area (Å²) < 4.78 is 0. The molecule has 0 unspecified atom stereocenters. The van der Waals surface area contributed by atoms with Gasteiger partial charge >= 0.3 is 0 Å². The summed E-state index contributed by atoms with van der Waals surface area (Å²) in [6.07, 6.45) is 11.5. The van der Waals surface area contributed by atoms with Crippen LogP contribution in [-0.4, -0.2) is 59.1 Å². The largest absolute Gasteiger partial charge is 0.393 e. The zero-order chi connectivity index (χ0) is 21.1. The lowest BCUT2D eigenvalue weighted by Crippen LogP contribution is -2.62. The molecule has 0 bridgehead atoms. The molecule has 6 heteroatoms. The van der Waals surface area contributed by atoms with Crippen molar-refractivity contribution in [1.82, 2.24) is 10.3 Å². The number of hydrogen-bond donors (Lipinski definition) is 3. The van der Waals surface area contributed by atoms with E-state index in [1.807, 2.05) is 7.05 Å². The van der Waals surface area contributed by atoms with E-state index in [9.17, 15) is 10.2 Å². The number of hydrogen-bond acceptors (Lipinski definition) is 6. The Balaban J connectivity index is 1.34. The third-order valence-corrected chi connectivity index (χ3v) is 10.4. The summed E-state index contributed by atoms with van der Waals surface area (Å²) in [5.41, 5.74) is 2.73. The number of fused-ring (bicyclic) bond motifs is 5. The van der Waals surface area contributed by atoms with Gasteiger partial charge < -0.3 is 15.1 Å². The van der Waals surface area contributed by atoms with Crippen molar-refractivity contribution in [3.05, 3.63) is 0 Å². The fourth-order valence-corrected chi connectivity index (χ4v) is 8.32. The van der Waals surface area contributed by atoms with Crippen LogP contribution in [0.15, 0.2) is 10.1 Å². The molecule has 4 saturated carbocycles. The molecule has 0 amide bonds. The van der Waals surface area contributed by atoms with Gasteiger partial charge in [0.15, 0.2) is 0 Å². The Morgan fingerprint density at radius 3 is 2.70 bits per heavy atom. The Labute approximate surface area is 181 Å². The molecule has 6 nitrogen and oxygen atoms in total. The van der Waals surface area contributed by atoms with Crippen LogP contribution in [0.25, 0.3) is 0 Å². The van der Waals surface area contributed by atoms with Crippen LogP contribution in [0.1, 0.15) is 71.6 Å². The van der Waals surface area contributed by atoms with E-state index < -0.39 is 5.60 Å². The van der Waals surface area contributed by atoms with Crippen molar-refractivity contribution in [3.63, 3.8) is 0 Å². The highest BCUT2D eigenvalue weighted by Crippen LogP contribution is 2.68. The molecule has 0 radical (unpaired) electrons. The van der Waals surface area contributed by atoms with Gasteiger partial charge in [0.1, 0.15) is 0 Å². The van der Waals surface area contributed by atoms with Crippen LogP contribution in [0.2, 0.25) is 0 Å². The number of nitrogens with one attached hydrogen (secondary N) is 1. The number of aliphatic hydroxyl groups is 2. The van der Waals surface area contributed by atoms with Gasteiger partial charge in [0.2, 0.25) is 5.96 Å². The first-order valence-corrected chi connectivity index (χ1v) is 12.2. The normalized spacial score (nSPS) is 50.8. The van der Waals surface area contributed by atoms with Crippen molar-refractivity contribution in [1.29, 1.82) is 0 Å². The number of aliphatic imine (C=N–C) groups is 1. The van der Waals surface area contributed by atoms with Gasteiger partial charge in [-0.15, -0.1) is 0 Å². The van der Waals surface area contributed by atoms with Crippen LogP contribution in [0.4, 0.5) is 0 Å². The fraction of sp³-hybridized carbons (Fsp3) is 0.917. The maximum atomic E-state index is 12.2. The molecule has 4 aliphatic carbocycles. The SMILES string of the molecule is CN1CCN=C1N/N=C/[C@H]1CC[C@]2(O)[C@@H]3CC[C@@H]4C[C@@H](O)CC[C@]4(C)[C@H]3CC[C@]12C. The van der Waals surface area contributed by atoms with Crippen molar-refractivity contribution >= 4 is 12.2 Å². The lowest BCUT2D eigenvalue weighted by molar-refractivity contribution is -0.206. The molecule has 168 valence electrons. The maximum Gasteiger partial charge on any atom is 0.214 e. The van der Waals surface area contributed by atoms with Crippen molar-refractivity contribution in [2.45, 2.75) is 83.3 Å². The third kappa shape index (κ3) is 2.89. The lowest BCUT2D eigenvalue weighted by Gasteiger charge is -2.63. The van der Waals surface area contributed by atoms with Crippen LogP contribution >= 0.6 is 0 Å². The average Bonchev–Trinajstić information content (AvgIpc) is 3.23. The molecular weight excluding hydrogens is 376 g/mol. The van der Waals surface area contributed by atoms with E-state index in [2.05, 4.69) is 40.5 Å². The van der Waals surface area contributed by atoms with E-state index in [-0.39, 0.29) is 16.9 Å². The van der Waals surface area contributed by atoms with Crippen LogP contribution in [0.3, 0.4) is 0 Å². The highest BCUT2D eigenvalue weighted by Gasteiger charge is 2.66. The minimum absolute atomic E-state index is 0.0971. The predicted molar refractivity (Wildman–Crippen MR) is 119 cm³/mol. The molecule has 0 aromatic rings. The van der Waals surface area contributed by atoms with Crippen LogP contribution < -0.4 is 5.43 Å². The van der Waals surface area contributed by atoms with E-state index >= 15 is 0 Å². The summed E-state index contributed by atoms with van der Waals surface area (Å²) >= 11 is 0. The van der Waals surface area contributed by atoms with Gasteiger partial charge in [-0.05, 0) is 81.0 Å². The molecule has 1 heterocycles. The van der Waals surface area contributed by atoms with Crippen molar-refractivity contribution < 1.29 is 10.2 Å². The van der Waals surface area contributed by atoms with Gasteiger partial charge in [-0.3, -0.25) is 0 Å². The second-order valence-corrected chi connectivity index (χ2v) is 11.5. The number of hydrazone groups is 1. The molecule has 1 aliphatic heterocycles. The first-order chi connectivity index (χ1) is 14.3. The smallest absolute Gasteiger partial charge is 0.214 e. The molecule has 0 spiro atoms. The summed E-state index contributed by atoms with van der Waals surface area (Å²) in [5.74, 6) is 2.77. The fourth-order valence-electron chi connectivity index (χ4n) is 8.32. The molecule has 3 N–H and O–H groups in total. The van der Waals surface area contributed by atoms with Crippen molar-refractivity contribution in [2.24, 2.45) is 44.6 Å². The summed E-state index contributed by atoms with van der Waals surface area (Å²) in [7, 11) is 2.03. The predicted octanol–water partition coefficient (Wildman–Crippen LogP) is 3.00. The summed E-state index contributed by atoms with van der Waals surface area (Å²) in [5, 5.41) is 27.0. The lowest BCUT2D eigenvalue weighted by atomic mass is 9.43. The zero-order valence-corrected chi connectivity index (χ0v) is 19.0. The summed E-state index contributed by atoms with van der Waals surface area (Å²) in [6.45, 7) is 6.57. The monoisotopic (exact) mass is 416 g/mol. The van der Waals surface area contributed by atoms with Gasteiger partial charge in [-0.1, -0.05) is 13.8 Å². The minimum atomic E-state index is -0.585. The van der Waals surface area contributed by atoms with E-state index in [1.54, 1.807) is 0 Å². The number of guanidine groups is 1. The number of rotatable bonds is 2. The van der Waals surface area contributed by atoms with Gasteiger partial charge in [0.25, 0.3) is 0 Å². The quantitative estimate of drug-likeness (QED) is 0.478. The Hall–Kier alpha value is -1.14. The van der Waals surface area contributed by atoms with Gasteiger partial charge in [0, 0.05) is 31.1 Å². The highest BCUT2D eigenvalue weighted by molar-refractivity contribution is 5.81. The Morgan fingerprint density at radius 2 is 1.93 bits per heavy atom. The average molecular weight is 417 g/mol. The zero-order valence-electron chi connectivity index (χ0n) is 19.0. The Bertz CT molecular complexity index is 741. The first kappa shape index (κ1) is 20.7. The molecule has 8 atom stereocenters. The number of likely N-dealkylation sites (N-methyl/N-ethyl adjacent to an activating group) is 1. The molecule has 0 saturated heterocycles. The molecule has 0 aromatic carbocycles. The number of nitrogens with zero attached hydrogens (tertiary/aromatic N) is 3.